The van der Waals surface area contributed by atoms with Gasteiger partial charge < -0.3 is 4.74 Å². The van der Waals surface area contributed by atoms with Crippen molar-refractivity contribution in [2.24, 2.45) is 0 Å². The van der Waals surface area contributed by atoms with Gasteiger partial charge in [0.15, 0.2) is 11.4 Å². The van der Waals surface area contributed by atoms with Gasteiger partial charge in [-0.25, -0.2) is 9.78 Å². The summed E-state index contributed by atoms with van der Waals surface area (Å²) in [5, 5.41) is 2.88. The lowest BCUT2D eigenvalue weighted by Gasteiger charge is -2.32. The molecule has 1 atom stereocenters. The number of amides is 1. The highest BCUT2D eigenvalue weighted by atomic mass is 79.9. The molecular formula is C16H14BrN3O4S. The molecule has 0 unspecified atom stereocenters. The zero-order chi connectivity index (χ0) is 18.2. The van der Waals surface area contributed by atoms with Crippen LogP contribution in [0.15, 0.2) is 22.7 Å². The molecule has 1 aromatic heterocycles. The van der Waals surface area contributed by atoms with Gasteiger partial charge in [0.05, 0.1) is 12.0 Å². The normalized spacial score (nSPS) is 19.1. The van der Waals surface area contributed by atoms with Crippen molar-refractivity contribution >= 4 is 50.3 Å². The van der Waals surface area contributed by atoms with Crippen molar-refractivity contribution in [3.05, 3.63) is 39.6 Å². The Bertz CT molecular complexity index is 882. The minimum Gasteiger partial charge on any atom is -0.445 e. The van der Waals surface area contributed by atoms with Gasteiger partial charge in [0.2, 0.25) is 5.13 Å². The van der Waals surface area contributed by atoms with Gasteiger partial charge in [0, 0.05) is 22.4 Å². The Balaban J connectivity index is 1.78. The van der Waals surface area contributed by atoms with E-state index in [-0.39, 0.29) is 23.8 Å². The first-order chi connectivity index (χ1) is 11.8. The van der Waals surface area contributed by atoms with Crippen molar-refractivity contribution in [1.82, 2.24) is 9.36 Å². The van der Waals surface area contributed by atoms with Crippen LogP contribution in [-0.2, 0) is 27.2 Å². The second kappa shape index (κ2) is 6.64. The first kappa shape index (κ1) is 17.7. The number of nitrogens with zero attached hydrogens (tertiary/aromatic N) is 2. The molecule has 0 saturated carbocycles. The maximum absolute atomic E-state index is 12.6. The molecule has 25 heavy (non-hydrogen) atoms. The van der Waals surface area contributed by atoms with Crippen LogP contribution in [0.3, 0.4) is 0 Å². The number of aromatic nitrogens is 2. The van der Waals surface area contributed by atoms with Gasteiger partial charge in [0.25, 0.3) is 5.91 Å². The second-order valence-electron chi connectivity index (χ2n) is 5.95. The van der Waals surface area contributed by atoms with Crippen LogP contribution in [0, 0.1) is 0 Å². The number of Topliss-reactive ketones (excluding diaryl/α,β-unsaturated/α-hetero) is 1. The zero-order valence-electron chi connectivity index (χ0n) is 13.5. The van der Waals surface area contributed by atoms with Crippen molar-refractivity contribution in [2.75, 3.05) is 5.32 Å². The number of ether oxygens (including phenoxy) is 1. The van der Waals surface area contributed by atoms with Gasteiger partial charge in [-0.15, -0.1) is 0 Å². The fraction of sp³-hybridized carbons (Fsp3) is 0.312. The number of carbonyl (C=O) groups is 3. The smallest absolute Gasteiger partial charge is 0.339 e. The quantitative estimate of drug-likeness (QED) is 0.758. The second-order valence-corrected chi connectivity index (χ2v) is 7.61. The van der Waals surface area contributed by atoms with Gasteiger partial charge in [0.1, 0.15) is 5.78 Å². The molecule has 1 aliphatic rings. The number of halogens is 1. The third-order valence-corrected chi connectivity index (χ3v) is 4.88. The van der Waals surface area contributed by atoms with E-state index in [1.54, 1.807) is 19.1 Å². The number of fused-ring (bicyclic) bond motifs is 1. The van der Waals surface area contributed by atoms with Crippen molar-refractivity contribution in [3.8, 4) is 0 Å². The third-order valence-electron chi connectivity index (χ3n) is 3.71. The summed E-state index contributed by atoms with van der Waals surface area (Å²) in [5.74, 6) is -0.741. The van der Waals surface area contributed by atoms with E-state index in [9.17, 15) is 14.4 Å². The number of hydrogen-bond acceptors (Lipinski definition) is 7. The van der Waals surface area contributed by atoms with Crippen molar-refractivity contribution in [1.29, 1.82) is 0 Å². The minimum absolute atomic E-state index is 0.0633. The number of hydrogen-bond donors (Lipinski definition) is 1. The summed E-state index contributed by atoms with van der Waals surface area (Å²) in [6.07, 6.45) is 0.368. The number of cyclic esters (lactones) is 1. The predicted octanol–water partition coefficient (Wildman–Crippen LogP) is 2.54. The monoisotopic (exact) mass is 423 g/mol. The molecule has 1 N–H and O–H groups in total. The molecular weight excluding hydrogens is 410 g/mol. The Morgan fingerprint density at radius 3 is 2.92 bits per heavy atom. The lowest BCUT2D eigenvalue weighted by Crippen LogP contribution is -2.48. The fourth-order valence-electron chi connectivity index (χ4n) is 2.51. The average Bonchev–Trinajstić information content (AvgIpc) is 2.94. The van der Waals surface area contributed by atoms with Crippen molar-refractivity contribution in [2.45, 2.75) is 32.3 Å². The summed E-state index contributed by atoms with van der Waals surface area (Å²) in [4.78, 5) is 40.1. The summed E-state index contributed by atoms with van der Waals surface area (Å²) in [6.45, 7) is 3.00. The number of anilines is 1. The Morgan fingerprint density at radius 2 is 2.20 bits per heavy atom. The molecule has 3 rings (SSSR count). The van der Waals surface area contributed by atoms with Gasteiger partial charge in [-0.2, -0.15) is 4.37 Å². The van der Waals surface area contributed by atoms with Crippen LogP contribution in [-0.4, -0.2) is 32.6 Å². The number of nitrogens with one attached hydrogen (secondary N) is 1. The van der Waals surface area contributed by atoms with E-state index in [1.807, 2.05) is 6.07 Å². The maximum atomic E-state index is 12.6. The molecule has 1 aliphatic heterocycles. The molecule has 0 radical (unpaired) electrons. The first-order valence-electron chi connectivity index (χ1n) is 7.42. The van der Waals surface area contributed by atoms with Crippen LogP contribution in [0.1, 0.15) is 35.6 Å². The van der Waals surface area contributed by atoms with E-state index in [2.05, 4.69) is 30.6 Å². The molecule has 0 saturated heterocycles. The average molecular weight is 424 g/mol. The van der Waals surface area contributed by atoms with Crippen LogP contribution in [0.2, 0.25) is 0 Å². The van der Waals surface area contributed by atoms with E-state index in [0.717, 1.165) is 21.6 Å². The maximum Gasteiger partial charge on any atom is 0.339 e. The molecule has 0 fully saturated rings. The lowest BCUT2D eigenvalue weighted by molar-refractivity contribution is -0.134. The van der Waals surface area contributed by atoms with Gasteiger partial charge in [-0.3, -0.25) is 14.9 Å². The third kappa shape index (κ3) is 3.77. The molecule has 1 aromatic carbocycles. The molecule has 2 aromatic rings. The lowest BCUT2D eigenvalue weighted by atomic mass is 9.89. The number of benzene rings is 1. The van der Waals surface area contributed by atoms with E-state index in [4.69, 9.17) is 4.74 Å². The summed E-state index contributed by atoms with van der Waals surface area (Å²) < 4.78 is 10.2. The molecule has 0 spiro atoms. The summed E-state index contributed by atoms with van der Waals surface area (Å²) in [7, 11) is 0. The van der Waals surface area contributed by atoms with Crippen LogP contribution in [0.5, 0.6) is 0 Å². The van der Waals surface area contributed by atoms with Gasteiger partial charge in [-0.05, 0) is 31.5 Å². The molecule has 7 nitrogen and oxygen atoms in total. The Labute approximate surface area is 156 Å². The number of carbonyl (C=O) groups excluding carboxylic acids is 3. The summed E-state index contributed by atoms with van der Waals surface area (Å²) >= 11 is 4.29. The van der Waals surface area contributed by atoms with Crippen LogP contribution >= 0.6 is 27.5 Å². The van der Waals surface area contributed by atoms with E-state index < -0.39 is 17.5 Å². The first-order valence-corrected chi connectivity index (χ1v) is 8.99. The zero-order valence-corrected chi connectivity index (χ0v) is 15.9. The molecule has 130 valence electrons. The molecule has 2 heterocycles. The minimum atomic E-state index is -1.34. The molecule has 0 aliphatic carbocycles. The largest absolute Gasteiger partial charge is 0.445 e. The number of esters is 1. The highest BCUT2D eigenvalue weighted by molar-refractivity contribution is 9.10. The highest BCUT2D eigenvalue weighted by Gasteiger charge is 2.43. The SMILES string of the molecule is CC(=O)Cc1nsc(NC(=O)[C@]2(C)Cc3ccc(Br)cc3C(=O)O2)n1. The predicted molar refractivity (Wildman–Crippen MR) is 94.6 cm³/mol. The van der Waals surface area contributed by atoms with E-state index >= 15 is 0 Å². The van der Waals surface area contributed by atoms with Gasteiger partial charge in [-0.1, -0.05) is 22.0 Å². The molecule has 1 amide bonds. The Kier molecular flexibility index (Phi) is 4.70. The van der Waals surface area contributed by atoms with Crippen molar-refractivity contribution < 1.29 is 19.1 Å². The number of rotatable bonds is 4. The van der Waals surface area contributed by atoms with Gasteiger partial charge >= 0.3 is 5.97 Å². The van der Waals surface area contributed by atoms with Crippen molar-refractivity contribution in [3.63, 3.8) is 0 Å². The molecule has 0 bridgehead atoms. The summed E-state index contributed by atoms with van der Waals surface area (Å²) in [6, 6.07) is 5.28. The van der Waals surface area contributed by atoms with Crippen LogP contribution in [0.25, 0.3) is 0 Å². The Hall–Kier alpha value is -2.13. The fourth-order valence-corrected chi connectivity index (χ4v) is 3.45. The van der Waals surface area contributed by atoms with E-state index in [0.29, 0.717) is 11.4 Å². The highest BCUT2D eigenvalue weighted by Crippen LogP contribution is 2.31. The van der Waals surface area contributed by atoms with Crippen LogP contribution in [0.4, 0.5) is 5.13 Å². The standard InChI is InChI=1S/C16H14BrN3O4S/c1-8(21)5-12-18-15(25-20-12)19-14(23)16(2)7-9-3-4-10(17)6-11(9)13(22)24-16/h3-4,6H,5,7H2,1-2H3,(H,18,19,20,23)/t16-/m0/s1. The number of ketones is 1. The topological polar surface area (TPSA) is 98.2 Å². The molecule has 9 heteroatoms. The summed E-state index contributed by atoms with van der Waals surface area (Å²) in [5.41, 5.74) is -0.157. The van der Waals surface area contributed by atoms with E-state index in [1.165, 1.54) is 6.92 Å². The van der Waals surface area contributed by atoms with Crippen LogP contribution < -0.4 is 5.32 Å². The Morgan fingerprint density at radius 1 is 1.44 bits per heavy atom.